The van der Waals surface area contributed by atoms with E-state index in [0.29, 0.717) is 39.3 Å². The fourth-order valence-corrected chi connectivity index (χ4v) is 5.59. The number of methoxy groups -OCH3 is 1. The van der Waals surface area contributed by atoms with Crippen LogP contribution in [0, 0.1) is 17.8 Å². The summed E-state index contributed by atoms with van der Waals surface area (Å²) in [7, 11) is 1.69. The molecule has 0 bridgehead atoms. The molecule has 8 heteroatoms. The summed E-state index contributed by atoms with van der Waals surface area (Å²) in [6.07, 6.45) is 9.06. The summed E-state index contributed by atoms with van der Waals surface area (Å²) in [5.74, 6) is 4.34. The van der Waals surface area contributed by atoms with E-state index in [1.54, 1.807) is 7.11 Å². The van der Waals surface area contributed by atoms with Crippen LogP contribution in [-0.2, 0) is 27.3 Å². The number of anilines is 1. The molecule has 1 aliphatic carbocycles. The molecule has 0 radical (unpaired) electrons. The molecule has 0 N–H and O–H groups in total. The lowest BCUT2D eigenvalue weighted by atomic mass is 9.90. The molecule has 3 fully saturated rings. The Hall–Kier alpha value is -2.71. The first-order chi connectivity index (χ1) is 17.7. The number of rotatable bonds is 10. The third-order valence-electron chi connectivity index (χ3n) is 7.81. The average Bonchev–Trinajstić information content (AvgIpc) is 3.70. The van der Waals surface area contributed by atoms with Crippen molar-refractivity contribution in [2.24, 2.45) is 17.8 Å². The SMILES string of the molecule is COCc1cnc(N2CCC([C@H]3CC3CCOc3ccc(CC(=O)N4CCOCC4)cc3)CC2)nc1. The van der Waals surface area contributed by atoms with E-state index in [0.717, 1.165) is 66.7 Å². The van der Waals surface area contributed by atoms with Crippen molar-refractivity contribution in [1.82, 2.24) is 14.9 Å². The second-order valence-corrected chi connectivity index (χ2v) is 10.3. The lowest BCUT2D eigenvalue weighted by Crippen LogP contribution is -2.41. The van der Waals surface area contributed by atoms with E-state index in [1.807, 2.05) is 41.6 Å². The van der Waals surface area contributed by atoms with Crippen LogP contribution in [0.15, 0.2) is 36.7 Å². The van der Waals surface area contributed by atoms with Crippen molar-refractivity contribution in [2.45, 2.75) is 38.7 Å². The Labute approximate surface area is 214 Å². The fourth-order valence-electron chi connectivity index (χ4n) is 5.59. The highest BCUT2D eigenvalue weighted by Crippen LogP contribution is 2.49. The predicted molar refractivity (Wildman–Crippen MR) is 137 cm³/mol. The van der Waals surface area contributed by atoms with Crippen molar-refractivity contribution in [3.05, 3.63) is 47.8 Å². The minimum absolute atomic E-state index is 0.171. The van der Waals surface area contributed by atoms with Crippen LogP contribution in [0.25, 0.3) is 0 Å². The van der Waals surface area contributed by atoms with Crippen LogP contribution in [0.4, 0.5) is 5.95 Å². The van der Waals surface area contributed by atoms with Gasteiger partial charge in [-0.05, 0) is 61.1 Å². The van der Waals surface area contributed by atoms with Crippen molar-refractivity contribution >= 4 is 11.9 Å². The Balaban J connectivity index is 0.984. The van der Waals surface area contributed by atoms with Crippen LogP contribution < -0.4 is 9.64 Å². The minimum atomic E-state index is 0.171. The Morgan fingerprint density at radius 1 is 1.03 bits per heavy atom. The summed E-state index contributed by atoms with van der Waals surface area (Å²) >= 11 is 0. The summed E-state index contributed by atoms with van der Waals surface area (Å²) in [6, 6.07) is 8.00. The van der Waals surface area contributed by atoms with Gasteiger partial charge in [0.05, 0.1) is 32.8 Å². The van der Waals surface area contributed by atoms with Gasteiger partial charge in [-0.1, -0.05) is 12.1 Å². The number of aromatic nitrogens is 2. The van der Waals surface area contributed by atoms with Gasteiger partial charge in [0.2, 0.25) is 11.9 Å². The number of carbonyl (C=O) groups excluding carboxylic acids is 1. The highest BCUT2D eigenvalue weighted by molar-refractivity contribution is 5.78. The highest BCUT2D eigenvalue weighted by atomic mass is 16.5. The van der Waals surface area contributed by atoms with Crippen LogP contribution in [0.3, 0.4) is 0 Å². The number of amides is 1. The summed E-state index contributed by atoms with van der Waals surface area (Å²) in [6.45, 7) is 6.04. The van der Waals surface area contributed by atoms with E-state index in [9.17, 15) is 4.79 Å². The number of hydrogen-bond acceptors (Lipinski definition) is 7. The van der Waals surface area contributed by atoms with Crippen LogP contribution in [0.2, 0.25) is 0 Å². The summed E-state index contributed by atoms with van der Waals surface area (Å²) < 4.78 is 16.5. The van der Waals surface area contributed by atoms with Gasteiger partial charge in [-0.2, -0.15) is 0 Å². The molecular formula is C28H38N4O4. The lowest BCUT2D eigenvalue weighted by Gasteiger charge is -2.32. The minimum Gasteiger partial charge on any atom is -0.494 e. The third kappa shape index (κ3) is 6.53. The van der Waals surface area contributed by atoms with Gasteiger partial charge in [-0.3, -0.25) is 4.79 Å². The molecule has 2 atom stereocenters. The summed E-state index contributed by atoms with van der Waals surface area (Å²) in [5, 5.41) is 0. The zero-order valence-corrected chi connectivity index (χ0v) is 21.3. The lowest BCUT2D eigenvalue weighted by molar-refractivity contribution is -0.134. The quantitative estimate of drug-likeness (QED) is 0.501. The maximum absolute atomic E-state index is 12.4. The molecule has 36 heavy (non-hydrogen) atoms. The van der Waals surface area contributed by atoms with Crippen molar-refractivity contribution in [2.75, 3.05) is 58.0 Å². The summed E-state index contributed by atoms with van der Waals surface area (Å²) in [4.78, 5) is 25.7. The van der Waals surface area contributed by atoms with Crippen LogP contribution >= 0.6 is 0 Å². The molecule has 3 aliphatic rings. The second kappa shape index (κ2) is 12.0. The predicted octanol–water partition coefficient (Wildman–Crippen LogP) is 3.35. The Morgan fingerprint density at radius 3 is 2.44 bits per heavy atom. The molecule has 2 aromatic rings. The Bertz CT molecular complexity index is 970. The maximum Gasteiger partial charge on any atom is 0.227 e. The average molecular weight is 495 g/mol. The fraction of sp³-hybridized carbons (Fsp3) is 0.607. The molecule has 1 aromatic carbocycles. The molecule has 1 amide bonds. The molecular weight excluding hydrogens is 456 g/mol. The monoisotopic (exact) mass is 494 g/mol. The summed E-state index contributed by atoms with van der Waals surface area (Å²) in [5.41, 5.74) is 2.04. The Kier molecular flexibility index (Phi) is 8.33. The molecule has 5 rings (SSSR count). The number of hydrogen-bond donors (Lipinski definition) is 0. The van der Waals surface area contributed by atoms with E-state index in [1.165, 1.54) is 19.3 Å². The standard InChI is InChI=1S/C28H38N4O4/c1-34-20-22-18-29-28(30-19-22)32-9-6-23(7-10-32)26-17-24(26)8-13-36-25-4-2-21(3-5-25)16-27(33)31-11-14-35-15-12-31/h2-5,18-19,23-24,26H,6-17,20H2,1H3/t24?,26-/m1/s1. The van der Waals surface area contributed by atoms with Crippen LogP contribution in [0.5, 0.6) is 5.75 Å². The largest absolute Gasteiger partial charge is 0.494 e. The van der Waals surface area contributed by atoms with E-state index >= 15 is 0 Å². The van der Waals surface area contributed by atoms with Crippen LogP contribution in [0.1, 0.15) is 36.8 Å². The van der Waals surface area contributed by atoms with Gasteiger partial charge in [-0.15, -0.1) is 0 Å². The van der Waals surface area contributed by atoms with Crippen molar-refractivity contribution in [3.8, 4) is 5.75 Å². The van der Waals surface area contributed by atoms with Gasteiger partial charge >= 0.3 is 0 Å². The molecule has 3 heterocycles. The third-order valence-corrected chi connectivity index (χ3v) is 7.81. The highest BCUT2D eigenvalue weighted by Gasteiger charge is 2.43. The molecule has 0 spiro atoms. The maximum atomic E-state index is 12.4. The number of ether oxygens (including phenoxy) is 3. The van der Waals surface area contributed by atoms with Gasteiger partial charge < -0.3 is 24.0 Å². The van der Waals surface area contributed by atoms with E-state index in [2.05, 4.69) is 14.9 Å². The normalized spacial score (nSPS) is 22.5. The van der Waals surface area contributed by atoms with Gasteiger partial charge in [0.1, 0.15) is 5.75 Å². The van der Waals surface area contributed by atoms with Gasteiger partial charge in [0.15, 0.2) is 0 Å². The topological polar surface area (TPSA) is 77.0 Å². The van der Waals surface area contributed by atoms with Crippen molar-refractivity contribution < 1.29 is 19.0 Å². The number of carbonyl (C=O) groups is 1. The molecule has 1 aromatic heterocycles. The van der Waals surface area contributed by atoms with Gasteiger partial charge in [-0.25, -0.2) is 9.97 Å². The van der Waals surface area contributed by atoms with E-state index in [-0.39, 0.29) is 5.91 Å². The zero-order valence-electron chi connectivity index (χ0n) is 21.3. The Morgan fingerprint density at radius 2 is 1.75 bits per heavy atom. The van der Waals surface area contributed by atoms with Crippen molar-refractivity contribution in [1.29, 1.82) is 0 Å². The van der Waals surface area contributed by atoms with E-state index in [4.69, 9.17) is 14.2 Å². The molecule has 1 saturated carbocycles. The number of nitrogens with zero attached hydrogens (tertiary/aromatic N) is 4. The van der Waals surface area contributed by atoms with Gasteiger partial charge in [0.25, 0.3) is 0 Å². The number of benzene rings is 1. The molecule has 2 aliphatic heterocycles. The second-order valence-electron chi connectivity index (χ2n) is 10.3. The molecule has 194 valence electrons. The number of morpholine rings is 1. The van der Waals surface area contributed by atoms with E-state index < -0.39 is 0 Å². The zero-order chi connectivity index (χ0) is 24.7. The number of piperidine rings is 1. The first-order valence-corrected chi connectivity index (χ1v) is 13.3. The molecule has 1 unspecified atom stereocenters. The van der Waals surface area contributed by atoms with Crippen LogP contribution in [-0.4, -0.2) is 73.9 Å². The molecule has 2 saturated heterocycles. The van der Waals surface area contributed by atoms with Crippen molar-refractivity contribution in [3.63, 3.8) is 0 Å². The first-order valence-electron chi connectivity index (χ1n) is 13.3. The smallest absolute Gasteiger partial charge is 0.227 e. The molecule has 8 nitrogen and oxygen atoms in total. The van der Waals surface area contributed by atoms with Gasteiger partial charge in [0, 0.05) is 51.2 Å². The first kappa shape index (κ1) is 25.0.